The molecule has 0 bridgehead atoms. The number of benzene rings is 1. The third-order valence-electron chi connectivity index (χ3n) is 5.85. The quantitative estimate of drug-likeness (QED) is 0.181. The normalized spacial score (nSPS) is 11.2. The number of para-hydroxylation sites is 1. The van der Waals surface area contributed by atoms with Crippen LogP contribution >= 0.6 is 11.8 Å². The average molecular weight is 476 g/mol. The molecule has 34 heavy (non-hydrogen) atoms. The van der Waals surface area contributed by atoms with Gasteiger partial charge in [-0.25, -0.2) is 0 Å². The van der Waals surface area contributed by atoms with Gasteiger partial charge in [-0.05, 0) is 57.0 Å². The van der Waals surface area contributed by atoms with Crippen LogP contribution in [0.25, 0.3) is 17.1 Å². The van der Waals surface area contributed by atoms with Crippen LogP contribution in [-0.4, -0.2) is 49.6 Å². The Hall–Kier alpha value is -3.23. The maximum atomic E-state index is 13.2. The number of Topliss-reactive ketones (excluding diaryl/α,β-unsaturated/α-hetero) is 1. The Labute approximate surface area is 204 Å². The first-order valence-electron chi connectivity index (χ1n) is 11.2. The molecule has 0 radical (unpaired) electrons. The van der Waals surface area contributed by atoms with Crippen LogP contribution in [0.2, 0.25) is 0 Å². The topological polar surface area (TPSA) is 74.8 Å². The molecule has 0 saturated carbocycles. The Balaban J connectivity index is 1.61. The van der Waals surface area contributed by atoms with Gasteiger partial charge >= 0.3 is 0 Å². The molecule has 176 valence electrons. The minimum absolute atomic E-state index is 0.0818. The molecule has 3 aromatic heterocycles. The summed E-state index contributed by atoms with van der Waals surface area (Å²) in [6.45, 7) is 7.64. The highest BCUT2D eigenvalue weighted by Crippen LogP contribution is 2.30. The van der Waals surface area contributed by atoms with Gasteiger partial charge in [0.05, 0.1) is 11.4 Å². The number of thioether (sulfide) groups is 1. The number of hydrogen-bond donors (Lipinski definition) is 0. The van der Waals surface area contributed by atoms with Crippen molar-refractivity contribution in [2.45, 2.75) is 38.9 Å². The zero-order chi connectivity index (χ0) is 24.1. The van der Waals surface area contributed by atoms with Crippen molar-refractivity contribution in [1.29, 1.82) is 0 Å². The van der Waals surface area contributed by atoms with Gasteiger partial charge in [-0.15, -0.1) is 10.2 Å². The van der Waals surface area contributed by atoms with Crippen molar-refractivity contribution in [3.8, 4) is 17.1 Å². The van der Waals surface area contributed by atoms with Crippen LogP contribution in [0, 0.1) is 20.8 Å². The van der Waals surface area contributed by atoms with Crippen molar-refractivity contribution in [2.75, 3.05) is 19.5 Å². The second kappa shape index (κ2) is 10.8. The van der Waals surface area contributed by atoms with Gasteiger partial charge in [0.15, 0.2) is 16.8 Å². The molecule has 4 rings (SSSR count). The van der Waals surface area contributed by atoms with Crippen LogP contribution in [0.3, 0.4) is 0 Å². The average Bonchev–Trinajstić information content (AvgIpc) is 3.39. The number of ketones is 1. The molecule has 0 unspecified atom stereocenters. The molecule has 1 aromatic carbocycles. The summed E-state index contributed by atoms with van der Waals surface area (Å²) in [4.78, 5) is 17.4. The number of nitrogens with zero attached hydrogens (tertiary/aromatic N) is 5. The van der Waals surface area contributed by atoms with E-state index in [-0.39, 0.29) is 11.5 Å². The predicted octanol–water partition coefficient (Wildman–Crippen LogP) is 5.07. The highest BCUT2D eigenvalue weighted by Gasteiger charge is 2.21. The van der Waals surface area contributed by atoms with Gasteiger partial charge in [0.25, 0.3) is 0 Å². The number of carbonyl (C=O) groups is 1. The Morgan fingerprint density at radius 3 is 2.65 bits per heavy atom. The lowest BCUT2D eigenvalue weighted by Gasteiger charge is -2.12. The Morgan fingerprint density at radius 1 is 1.09 bits per heavy atom. The van der Waals surface area contributed by atoms with Gasteiger partial charge in [0.1, 0.15) is 0 Å². The largest absolute Gasteiger partial charge is 0.385 e. The van der Waals surface area contributed by atoms with E-state index >= 15 is 0 Å². The monoisotopic (exact) mass is 475 g/mol. The fourth-order valence-corrected chi connectivity index (χ4v) is 4.91. The van der Waals surface area contributed by atoms with Crippen molar-refractivity contribution in [2.24, 2.45) is 0 Å². The van der Waals surface area contributed by atoms with Gasteiger partial charge in [-0.3, -0.25) is 14.3 Å². The van der Waals surface area contributed by atoms with Crippen LogP contribution in [0.1, 0.15) is 33.7 Å². The first-order chi connectivity index (χ1) is 16.5. The third kappa shape index (κ3) is 4.98. The molecule has 0 amide bonds. The van der Waals surface area contributed by atoms with Crippen LogP contribution in [0.5, 0.6) is 0 Å². The van der Waals surface area contributed by atoms with Gasteiger partial charge in [0.2, 0.25) is 0 Å². The third-order valence-corrected chi connectivity index (χ3v) is 6.77. The van der Waals surface area contributed by atoms with Crippen molar-refractivity contribution < 1.29 is 9.53 Å². The molecule has 4 aromatic rings. The number of pyridine rings is 1. The molecule has 0 aliphatic rings. The number of carbonyl (C=O) groups excluding carboxylic acids is 1. The SMILES string of the molecule is COCCCn1c(C)cc(C(=O)CSc2nnc(-c3cccnc3)n2-c2ccccc2C)c1C. The molecule has 3 heterocycles. The summed E-state index contributed by atoms with van der Waals surface area (Å²) in [5.41, 5.74) is 5.80. The molecular formula is C26H29N5O2S. The van der Waals surface area contributed by atoms with E-state index in [2.05, 4.69) is 32.7 Å². The van der Waals surface area contributed by atoms with E-state index in [1.165, 1.54) is 11.8 Å². The van der Waals surface area contributed by atoms with Gasteiger partial charge in [-0.2, -0.15) is 0 Å². The number of hydrogen-bond acceptors (Lipinski definition) is 6. The number of aromatic nitrogens is 5. The first kappa shape index (κ1) is 23.9. The summed E-state index contributed by atoms with van der Waals surface area (Å²) in [7, 11) is 1.71. The van der Waals surface area contributed by atoms with Crippen molar-refractivity contribution in [1.82, 2.24) is 24.3 Å². The molecule has 0 aliphatic carbocycles. The molecule has 0 saturated heterocycles. The van der Waals surface area contributed by atoms with Gasteiger partial charge in [0, 0.05) is 55.2 Å². The summed E-state index contributed by atoms with van der Waals surface area (Å²) in [5, 5.41) is 9.58. The molecule has 0 N–H and O–H groups in total. The molecule has 0 aliphatic heterocycles. The van der Waals surface area contributed by atoms with E-state index in [1.54, 1.807) is 19.5 Å². The maximum absolute atomic E-state index is 13.2. The van der Waals surface area contributed by atoms with Crippen LogP contribution in [-0.2, 0) is 11.3 Å². The fraction of sp³-hybridized carbons (Fsp3) is 0.308. The Bertz CT molecular complexity index is 1280. The number of aryl methyl sites for hydroxylation is 2. The van der Waals surface area contributed by atoms with E-state index in [4.69, 9.17) is 4.74 Å². The summed E-state index contributed by atoms with van der Waals surface area (Å²) >= 11 is 1.40. The van der Waals surface area contributed by atoms with Crippen LogP contribution in [0.4, 0.5) is 0 Å². The van der Waals surface area contributed by atoms with Crippen LogP contribution in [0.15, 0.2) is 60.0 Å². The van der Waals surface area contributed by atoms with Gasteiger partial charge in [-0.1, -0.05) is 30.0 Å². The molecule has 8 heteroatoms. The molecule has 0 spiro atoms. The Kier molecular flexibility index (Phi) is 7.59. The summed E-state index contributed by atoms with van der Waals surface area (Å²) in [6, 6.07) is 13.9. The summed E-state index contributed by atoms with van der Waals surface area (Å²) < 4.78 is 9.37. The fourth-order valence-electron chi connectivity index (χ4n) is 4.08. The van der Waals surface area contributed by atoms with E-state index in [1.807, 2.05) is 54.8 Å². The molecular weight excluding hydrogens is 446 g/mol. The highest BCUT2D eigenvalue weighted by molar-refractivity contribution is 7.99. The van der Waals surface area contributed by atoms with E-state index in [0.29, 0.717) is 17.6 Å². The summed E-state index contributed by atoms with van der Waals surface area (Å²) in [6.07, 6.45) is 4.42. The smallest absolute Gasteiger partial charge is 0.196 e. The van der Waals surface area contributed by atoms with E-state index in [9.17, 15) is 4.79 Å². The van der Waals surface area contributed by atoms with Crippen molar-refractivity contribution in [3.63, 3.8) is 0 Å². The van der Waals surface area contributed by atoms with Crippen molar-refractivity contribution in [3.05, 3.63) is 77.4 Å². The molecule has 0 atom stereocenters. The Morgan fingerprint density at radius 2 is 1.91 bits per heavy atom. The lowest BCUT2D eigenvalue weighted by molar-refractivity contribution is 0.102. The van der Waals surface area contributed by atoms with E-state index in [0.717, 1.165) is 46.7 Å². The second-order valence-electron chi connectivity index (χ2n) is 8.16. The molecule has 0 fully saturated rings. The van der Waals surface area contributed by atoms with Gasteiger partial charge < -0.3 is 9.30 Å². The van der Waals surface area contributed by atoms with E-state index < -0.39 is 0 Å². The van der Waals surface area contributed by atoms with Crippen LogP contribution < -0.4 is 0 Å². The number of methoxy groups -OCH3 is 1. The number of rotatable bonds is 10. The summed E-state index contributed by atoms with van der Waals surface area (Å²) in [5.74, 6) is 1.06. The standard InChI is InChI=1S/C26H29N5O2S/c1-18-9-5-6-11-23(18)31-25(21-10-7-12-27-16-21)28-29-26(31)34-17-24(32)22-15-19(2)30(20(22)3)13-8-14-33-4/h5-7,9-12,15-16H,8,13-14,17H2,1-4H3. The molecule has 7 nitrogen and oxygen atoms in total. The second-order valence-corrected chi connectivity index (χ2v) is 9.11. The zero-order valence-electron chi connectivity index (χ0n) is 20.0. The predicted molar refractivity (Wildman–Crippen MR) is 135 cm³/mol. The van der Waals surface area contributed by atoms with Crippen molar-refractivity contribution >= 4 is 17.5 Å². The lowest BCUT2D eigenvalue weighted by Crippen LogP contribution is -2.09. The number of ether oxygens (including phenoxy) is 1. The zero-order valence-corrected chi connectivity index (χ0v) is 20.8. The first-order valence-corrected chi connectivity index (χ1v) is 12.2. The lowest BCUT2D eigenvalue weighted by atomic mass is 10.2. The highest BCUT2D eigenvalue weighted by atomic mass is 32.2. The minimum Gasteiger partial charge on any atom is -0.385 e. The maximum Gasteiger partial charge on any atom is 0.196 e. The minimum atomic E-state index is 0.0818.